The molecule has 0 aliphatic carbocycles. The molecular formula is C16H17NO2. The number of carbonyl (C=O) groups is 1. The van der Waals surface area contributed by atoms with Gasteiger partial charge in [-0.2, -0.15) is 0 Å². The third kappa shape index (κ3) is 3.20. The van der Waals surface area contributed by atoms with Crippen molar-refractivity contribution in [3.05, 3.63) is 60.2 Å². The van der Waals surface area contributed by atoms with Gasteiger partial charge >= 0.3 is 5.97 Å². The second kappa shape index (κ2) is 6.16. The van der Waals surface area contributed by atoms with Crippen molar-refractivity contribution in [1.29, 1.82) is 0 Å². The Hall–Kier alpha value is -2.13. The monoisotopic (exact) mass is 255 g/mol. The smallest absolute Gasteiger partial charge is 0.308 e. The average Bonchev–Trinajstić information content (AvgIpc) is 2.45. The first-order valence-electron chi connectivity index (χ1n) is 6.28. The van der Waals surface area contributed by atoms with Crippen molar-refractivity contribution in [2.45, 2.75) is 6.42 Å². The Balaban J connectivity index is 2.34. The minimum Gasteiger partial charge on any atom is -0.481 e. The maximum absolute atomic E-state index is 11.1. The summed E-state index contributed by atoms with van der Waals surface area (Å²) in [4.78, 5) is 11.1. The van der Waals surface area contributed by atoms with Crippen LogP contribution >= 0.6 is 0 Å². The van der Waals surface area contributed by atoms with E-state index in [4.69, 9.17) is 10.8 Å². The number of carboxylic acids is 1. The van der Waals surface area contributed by atoms with Crippen molar-refractivity contribution < 1.29 is 9.90 Å². The molecule has 0 saturated carbocycles. The lowest BCUT2D eigenvalue weighted by Crippen LogP contribution is -2.25. The fourth-order valence-electron chi connectivity index (χ4n) is 2.13. The van der Waals surface area contributed by atoms with E-state index in [2.05, 4.69) is 0 Å². The summed E-state index contributed by atoms with van der Waals surface area (Å²) in [5.74, 6) is -1.38. The molecule has 0 bridgehead atoms. The Morgan fingerprint density at radius 3 is 2.32 bits per heavy atom. The third-order valence-corrected chi connectivity index (χ3v) is 3.20. The van der Waals surface area contributed by atoms with Crippen LogP contribution in [0.3, 0.4) is 0 Å². The Bertz CT molecular complexity index is 552. The van der Waals surface area contributed by atoms with Gasteiger partial charge in [0.05, 0.1) is 5.92 Å². The Morgan fingerprint density at radius 2 is 1.68 bits per heavy atom. The number of hydrogen-bond donors (Lipinski definition) is 2. The molecule has 1 atom stereocenters. The van der Waals surface area contributed by atoms with E-state index in [1.807, 2.05) is 54.6 Å². The molecule has 2 aromatic rings. The number of hydrogen-bond acceptors (Lipinski definition) is 2. The van der Waals surface area contributed by atoms with Gasteiger partial charge in [-0.1, -0.05) is 54.6 Å². The van der Waals surface area contributed by atoms with E-state index >= 15 is 0 Å². The highest BCUT2D eigenvalue weighted by atomic mass is 16.4. The zero-order valence-electron chi connectivity index (χ0n) is 10.6. The van der Waals surface area contributed by atoms with E-state index in [1.165, 1.54) is 0 Å². The third-order valence-electron chi connectivity index (χ3n) is 3.20. The van der Waals surface area contributed by atoms with Gasteiger partial charge in [-0.25, -0.2) is 0 Å². The molecule has 19 heavy (non-hydrogen) atoms. The number of carboxylic acid groups (broad SMARTS) is 1. The van der Waals surface area contributed by atoms with Crippen LogP contribution in [-0.4, -0.2) is 17.6 Å². The molecule has 0 radical (unpaired) electrons. The number of benzene rings is 2. The lowest BCUT2D eigenvalue weighted by molar-refractivity contribution is -0.141. The van der Waals surface area contributed by atoms with Crippen LogP contribution in [0.2, 0.25) is 0 Å². The van der Waals surface area contributed by atoms with Gasteiger partial charge in [0.2, 0.25) is 0 Å². The number of aliphatic carboxylic acids is 1. The molecular weight excluding hydrogens is 238 g/mol. The fraction of sp³-hybridized carbons (Fsp3) is 0.188. The van der Waals surface area contributed by atoms with Crippen LogP contribution in [0.15, 0.2) is 54.6 Å². The Labute approximate surface area is 112 Å². The van der Waals surface area contributed by atoms with E-state index in [0.717, 1.165) is 16.7 Å². The molecule has 3 heteroatoms. The standard InChI is InChI=1S/C16H17NO2/c17-11-14(16(18)19)10-13-8-4-5-9-15(13)12-6-2-1-3-7-12/h1-9,14H,10-11,17H2,(H,18,19)/t14-/m0/s1. The molecule has 0 saturated heterocycles. The van der Waals surface area contributed by atoms with E-state index < -0.39 is 11.9 Å². The van der Waals surface area contributed by atoms with Crippen LogP contribution < -0.4 is 5.73 Å². The van der Waals surface area contributed by atoms with Crippen LogP contribution in [0.25, 0.3) is 11.1 Å². The van der Waals surface area contributed by atoms with Crippen molar-refractivity contribution >= 4 is 5.97 Å². The minimum atomic E-state index is -0.842. The molecule has 3 N–H and O–H groups in total. The lowest BCUT2D eigenvalue weighted by Gasteiger charge is -2.13. The Kier molecular flexibility index (Phi) is 4.31. The van der Waals surface area contributed by atoms with Crippen LogP contribution in [0, 0.1) is 5.92 Å². The van der Waals surface area contributed by atoms with Gasteiger partial charge in [-0.15, -0.1) is 0 Å². The highest BCUT2D eigenvalue weighted by Crippen LogP contribution is 2.25. The van der Waals surface area contributed by atoms with E-state index in [-0.39, 0.29) is 6.54 Å². The molecule has 0 fully saturated rings. The predicted molar refractivity (Wildman–Crippen MR) is 75.8 cm³/mol. The first-order chi connectivity index (χ1) is 9.22. The molecule has 2 rings (SSSR count). The molecule has 0 amide bonds. The summed E-state index contributed by atoms with van der Waals surface area (Å²) >= 11 is 0. The fourth-order valence-corrected chi connectivity index (χ4v) is 2.13. The van der Waals surface area contributed by atoms with Crippen LogP contribution in [0.4, 0.5) is 0 Å². The van der Waals surface area contributed by atoms with Crippen molar-refractivity contribution in [1.82, 2.24) is 0 Å². The van der Waals surface area contributed by atoms with Gasteiger partial charge in [-0.3, -0.25) is 4.79 Å². The minimum absolute atomic E-state index is 0.151. The molecule has 0 aliphatic heterocycles. The highest BCUT2D eigenvalue weighted by Gasteiger charge is 2.17. The van der Waals surface area contributed by atoms with Crippen molar-refractivity contribution in [3.8, 4) is 11.1 Å². The van der Waals surface area contributed by atoms with Gasteiger partial charge in [0.1, 0.15) is 0 Å². The zero-order chi connectivity index (χ0) is 13.7. The maximum atomic E-state index is 11.1. The average molecular weight is 255 g/mol. The second-order valence-corrected chi connectivity index (χ2v) is 4.50. The highest BCUT2D eigenvalue weighted by molar-refractivity contribution is 5.73. The second-order valence-electron chi connectivity index (χ2n) is 4.50. The van der Waals surface area contributed by atoms with Crippen LogP contribution in [0.1, 0.15) is 5.56 Å². The first kappa shape index (κ1) is 13.3. The lowest BCUT2D eigenvalue weighted by atomic mass is 9.92. The predicted octanol–water partition coefficient (Wildman–Crippen LogP) is 2.56. The molecule has 98 valence electrons. The van der Waals surface area contributed by atoms with Gasteiger partial charge in [-0.05, 0) is 23.1 Å². The van der Waals surface area contributed by atoms with Gasteiger partial charge < -0.3 is 10.8 Å². The molecule has 0 heterocycles. The zero-order valence-corrected chi connectivity index (χ0v) is 10.6. The van der Waals surface area contributed by atoms with Gasteiger partial charge in [0, 0.05) is 6.54 Å². The molecule has 3 nitrogen and oxygen atoms in total. The van der Waals surface area contributed by atoms with Crippen molar-refractivity contribution in [2.24, 2.45) is 11.7 Å². The van der Waals surface area contributed by atoms with E-state index in [1.54, 1.807) is 0 Å². The van der Waals surface area contributed by atoms with Crippen molar-refractivity contribution in [2.75, 3.05) is 6.54 Å². The quantitative estimate of drug-likeness (QED) is 0.863. The van der Waals surface area contributed by atoms with E-state index in [9.17, 15) is 4.79 Å². The molecule has 0 aliphatic rings. The summed E-state index contributed by atoms with van der Waals surface area (Å²) in [5.41, 5.74) is 8.72. The van der Waals surface area contributed by atoms with E-state index in [0.29, 0.717) is 6.42 Å². The molecule has 0 unspecified atom stereocenters. The Morgan fingerprint density at radius 1 is 1.05 bits per heavy atom. The summed E-state index contributed by atoms with van der Waals surface area (Å²) in [5, 5.41) is 9.12. The van der Waals surface area contributed by atoms with Gasteiger partial charge in [0.25, 0.3) is 0 Å². The largest absolute Gasteiger partial charge is 0.481 e. The van der Waals surface area contributed by atoms with Crippen LogP contribution in [-0.2, 0) is 11.2 Å². The normalized spacial score (nSPS) is 12.1. The number of nitrogens with two attached hydrogens (primary N) is 1. The number of rotatable bonds is 5. The van der Waals surface area contributed by atoms with Gasteiger partial charge in [0.15, 0.2) is 0 Å². The topological polar surface area (TPSA) is 63.3 Å². The summed E-state index contributed by atoms with van der Waals surface area (Å²) in [6.07, 6.45) is 0.455. The summed E-state index contributed by atoms with van der Waals surface area (Å²) in [6, 6.07) is 17.8. The first-order valence-corrected chi connectivity index (χ1v) is 6.28. The summed E-state index contributed by atoms with van der Waals surface area (Å²) in [7, 11) is 0. The molecule has 0 aromatic heterocycles. The maximum Gasteiger partial charge on any atom is 0.308 e. The summed E-state index contributed by atoms with van der Waals surface area (Å²) in [6.45, 7) is 0.151. The molecule has 0 spiro atoms. The van der Waals surface area contributed by atoms with Crippen LogP contribution in [0.5, 0.6) is 0 Å². The van der Waals surface area contributed by atoms with Crippen molar-refractivity contribution in [3.63, 3.8) is 0 Å². The SMILES string of the molecule is NC[C@H](Cc1ccccc1-c1ccccc1)C(=O)O. The summed E-state index contributed by atoms with van der Waals surface area (Å²) < 4.78 is 0. The molecule has 2 aromatic carbocycles.